The second kappa shape index (κ2) is 2.55. The summed E-state index contributed by atoms with van der Waals surface area (Å²) in [7, 11) is 0. The third kappa shape index (κ3) is 0.958. The van der Waals surface area contributed by atoms with Gasteiger partial charge in [-0.2, -0.15) is 0 Å². The standard InChI is InChI=1S/C8H9FO3/c1-3-5(9)4(2)7(11)8(12)6(3)10/h10-12H,1-2H3. The molecule has 1 aromatic carbocycles. The summed E-state index contributed by atoms with van der Waals surface area (Å²) < 4.78 is 13.0. The number of aromatic hydroxyl groups is 3. The number of rotatable bonds is 0. The Labute approximate surface area is 68.7 Å². The van der Waals surface area contributed by atoms with Crippen molar-refractivity contribution in [1.29, 1.82) is 0 Å². The van der Waals surface area contributed by atoms with Gasteiger partial charge in [-0.1, -0.05) is 0 Å². The maximum absolute atomic E-state index is 13.0. The van der Waals surface area contributed by atoms with E-state index in [-0.39, 0.29) is 11.1 Å². The van der Waals surface area contributed by atoms with Gasteiger partial charge in [-0.15, -0.1) is 0 Å². The summed E-state index contributed by atoms with van der Waals surface area (Å²) in [6, 6.07) is 0. The second-order valence-corrected chi connectivity index (χ2v) is 2.61. The van der Waals surface area contributed by atoms with E-state index in [1.54, 1.807) is 0 Å². The van der Waals surface area contributed by atoms with E-state index in [0.29, 0.717) is 0 Å². The average molecular weight is 172 g/mol. The monoisotopic (exact) mass is 172 g/mol. The van der Waals surface area contributed by atoms with Crippen molar-refractivity contribution in [2.75, 3.05) is 0 Å². The highest BCUT2D eigenvalue weighted by atomic mass is 19.1. The third-order valence-corrected chi connectivity index (χ3v) is 1.82. The fourth-order valence-corrected chi connectivity index (χ4v) is 0.957. The van der Waals surface area contributed by atoms with Crippen LogP contribution in [-0.4, -0.2) is 15.3 Å². The zero-order valence-electron chi connectivity index (χ0n) is 6.72. The van der Waals surface area contributed by atoms with Gasteiger partial charge in [-0.05, 0) is 13.8 Å². The Balaban J connectivity index is 3.60. The van der Waals surface area contributed by atoms with Gasteiger partial charge >= 0.3 is 0 Å². The van der Waals surface area contributed by atoms with Gasteiger partial charge in [0.25, 0.3) is 0 Å². The molecule has 0 fully saturated rings. The lowest BCUT2D eigenvalue weighted by Gasteiger charge is -2.08. The molecule has 0 aliphatic rings. The molecule has 0 aliphatic heterocycles. The van der Waals surface area contributed by atoms with Crippen LogP contribution in [0.1, 0.15) is 11.1 Å². The van der Waals surface area contributed by atoms with Crippen LogP contribution in [0, 0.1) is 19.7 Å². The van der Waals surface area contributed by atoms with Crippen molar-refractivity contribution in [3.05, 3.63) is 16.9 Å². The molecule has 0 heterocycles. The lowest BCUT2D eigenvalue weighted by Crippen LogP contribution is -1.89. The largest absolute Gasteiger partial charge is 0.504 e. The molecule has 0 aromatic heterocycles. The summed E-state index contributed by atoms with van der Waals surface area (Å²) in [6.07, 6.45) is 0. The predicted molar refractivity (Wildman–Crippen MR) is 40.9 cm³/mol. The molecule has 0 spiro atoms. The first-order valence-electron chi connectivity index (χ1n) is 3.36. The van der Waals surface area contributed by atoms with E-state index >= 15 is 0 Å². The van der Waals surface area contributed by atoms with E-state index in [1.165, 1.54) is 13.8 Å². The highest BCUT2D eigenvalue weighted by molar-refractivity contribution is 5.57. The minimum Gasteiger partial charge on any atom is -0.504 e. The van der Waals surface area contributed by atoms with Crippen LogP contribution in [0.3, 0.4) is 0 Å². The van der Waals surface area contributed by atoms with E-state index in [9.17, 15) is 4.39 Å². The highest BCUT2D eigenvalue weighted by Crippen LogP contribution is 2.41. The van der Waals surface area contributed by atoms with Crippen LogP contribution < -0.4 is 0 Å². The smallest absolute Gasteiger partial charge is 0.201 e. The van der Waals surface area contributed by atoms with Crippen molar-refractivity contribution in [1.82, 2.24) is 0 Å². The van der Waals surface area contributed by atoms with Gasteiger partial charge in [-0.25, -0.2) is 4.39 Å². The zero-order valence-corrected chi connectivity index (χ0v) is 6.72. The zero-order chi connectivity index (χ0) is 9.46. The Morgan fingerprint density at radius 1 is 0.833 bits per heavy atom. The Bertz CT molecular complexity index is 229. The molecule has 0 radical (unpaired) electrons. The maximum Gasteiger partial charge on any atom is 0.201 e. The lowest BCUT2D eigenvalue weighted by atomic mass is 10.1. The van der Waals surface area contributed by atoms with E-state index in [0.717, 1.165) is 0 Å². The molecule has 3 N–H and O–H groups in total. The van der Waals surface area contributed by atoms with Crippen LogP contribution in [-0.2, 0) is 0 Å². The summed E-state index contributed by atoms with van der Waals surface area (Å²) in [4.78, 5) is 0. The Morgan fingerprint density at radius 2 is 1.17 bits per heavy atom. The molecule has 1 aromatic rings. The fourth-order valence-electron chi connectivity index (χ4n) is 0.957. The Morgan fingerprint density at radius 3 is 1.50 bits per heavy atom. The van der Waals surface area contributed by atoms with E-state index in [1.807, 2.05) is 0 Å². The molecule has 12 heavy (non-hydrogen) atoms. The normalized spacial score (nSPS) is 10.2. The van der Waals surface area contributed by atoms with Gasteiger partial charge in [0.15, 0.2) is 11.5 Å². The molecule has 0 aliphatic carbocycles. The summed E-state index contributed by atoms with van der Waals surface area (Å²) >= 11 is 0. The van der Waals surface area contributed by atoms with Gasteiger partial charge < -0.3 is 15.3 Å². The number of benzene rings is 1. The first kappa shape index (κ1) is 8.64. The Hall–Kier alpha value is -1.45. The van der Waals surface area contributed by atoms with Crippen LogP contribution >= 0.6 is 0 Å². The van der Waals surface area contributed by atoms with Crippen LogP contribution in [0.2, 0.25) is 0 Å². The van der Waals surface area contributed by atoms with Crippen molar-refractivity contribution >= 4 is 0 Å². The summed E-state index contributed by atoms with van der Waals surface area (Å²) in [5.74, 6) is -2.61. The molecule has 1 rings (SSSR count). The predicted octanol–water partition coefficient (Wildman–Crippen LogP) is 1.56. The highest BCUT2D eigenvalue weighted by Gasteiger charge is 2.17. The molecule has 0 unspecified atom stereocenters. The minimum atomic E-state index is -0.706. The number of hydrogen-bond donors (Lipinski definition) is 3. The van der Waals surface area contributed by atoms with Crippen LogP contribution in [0.4, 0.5) is 4.39 Å². The van der Waals surface area contributed by atoms with E-state index in [2.05, 4.69) is 0 Å². The number of phenolic OH excluding ortho intramolecular Hbond substituents is 3. The summed E-state index contributed by atoms with van der Waals surface area (Å²) in [6.45, 7) is 2.63. The molecule has 0 bridgehead atoms. The molecular weight excluding hydrogens is 163 g/mol. The molecular formula is C8H9FO3. The first-order valence-corrected chi connectivity index (χ1v) is 3.36. The van der Waals surface area contributed by atoms with Gasteiger partial charge in [0.05, 0.1) is 0 Å². The quantitative estimate of drug-likeness (QED) is 0.520. The number of halogens is 1. The van der Waals surface area contributed by atoms with Gasteiger partial charge in [0.2, 0.25) is 5.75 Å². The molecule has 0 saturated carbocycles. The van der Waals surface area contributed by atoms with Crippen molar-refractivity contribution in [3.8, 4) is 17.2 Å². The van der Waals surface area contributed by atoms with E-state index in [4.69, 9.17) is 15.3 Å². The van der Waals surface area contributed by atoms with Crippen molar-refractivity contribution in [3.63, 3.8) is 0 Å². The van der Waals surface area contributed by atoms with Crippen LogP contribution in [0.25, 0.3) is 0 Å². The molecule has 4 heteroatoms. The minimum absolute atomic E-state index is 0.0669. The SMILES string of the molecule is Cc1c(O)c(O)c(O)c(C)c1F. The molecule has 0 amide bonds. The molecule has 0 atom stereocenters. The fraction of sp³-hybridized carbons (Fsp3) is 0.250. The Kier molecular flexibility index (Phi) is 1.84. The van der Waals surface area contributed by atoms with E-state index < -0.39 is 23.1 Å². The third-order valence-electron chi connectivity index (χ3n) is 1.82. The van der Waals surface area contributed by atoms with Crippen LogP contribution in [0.5, 0.6) is 17.2 Å². The summed E-state index contributed by atoms with van der Waals surface area (Å²) in [5.41, 5.74) is -0.134. The number of hydrogen-bond acceptors (Lipinski definition) is 3. The maximum atomic E-state index is 13.0. The molecule has 0 saturated heterocycles. The molecule has 3 nitrogen and oxygen atoms in total. The summed E-state index contributed by atoms with van der Waals surface area (Å²) in [5, 5.41) is 27.1. The van der Waals surface area contributed by atoms with Crippen LogP contribution in [0.15, 0.2) is 0 Å². The van der Waals surface area contributed by atoms with Crippen molar-refractivity contribution in [2.24, 2.45) is 0 Å². The number of phenols is 3. The van der Waals surface area contributed by atoms with Crippen molar-refractivity contribution < 1.29 is 19.7 Å². The van der Waals surface area contributed by atoms with Crippen molar-refractivity contribution in [2.45, 2.75) is 13.8 Å². The topological polar surface area (TPSA) is 60.7 Å². The average Bonchev–Trinajstić information content (AvgIpc) is 2.08. The first-order chi connectivity index (χ1) is 5.46. The van der Waals surface area contributed by atoms with Gasteiger partial charge in [0.1, 0.15) is 5.82 Å². The lowest BCUT2D eigenvalue weighted by molar-refractivity contribution is 0.358. The molecule has 66 valence electrons. The van der Waals surface area contributed by atoms with Gasteiger partial charge in [-0.3, -0.25) is 0 Å². The van der Waals surface area contributed by atoms with Gasteiger partial charge in [0, 0.05) is 11.1 Å². The second-order valence-electron chi connectivity index (χ2n) is 2.61.